The van der Waals surface area contributed by atoms with Crippen LogP contribution in [0.1, 0.15) is 29.6 Å². The monoisotopic (exact) mass is 165 g/mol. The number of hydrogen-bond acceptors (Lipinski definition) is 2. The second-order valence-corrected chi connectivity index (χ2v) is 3.09. The van der Waals surface area contributed by atoms with Crippen molar-refractivity contribution in [1.82, 2.24) is 15.5 Å². The number of aromatic nitrogens is 2. The van der Waals surface area contributed by atoms with Crippen molar-refractivity contribution >= 4 is 5.91 Å². The molecule has 1 amide bonds. The highest BCUT2D eigenvalue weighted by Crippen LogP contribution is 2.18. The van der Waals surface area contributed by atoms with E-state index < -0.39 is 0 Å². The first-order valence-corrected chi connectivity index (χ1v) is 4.16. The van der Waals surface area contributed by atoms with Crippen LogP contribution in [0.25, 0.3) is 0 Å². The summed E-state index contributed by atoms with van der Waals surface area (Å²) >= 11 is 0. The number of carbonyl (C=O) groups is 1. The Morgan fingerprint density at radius 2 is 2.50 bits per heavy atom. The topological polar surface area (TPSA) is 57.8 Å². The molecule has 0 aliphatic heterocycles. The first-order valence-electron chi connectivity index (χ1n) is 4.16. The van der Waals surface area contributed by atoms with Crippen molar-refractivity contribution in [3.8, 4) is 0 Å². The summed E-state index contributed by atoms with van der Waals surface area (Å²) in [7, 11) is 0. The minimum absolute atomic E-state index is 0.0200. The molecule has 1 heterocycles. The van der Waals surface area contributed by atoms with E-state index >= 15 is 0 Å². The van der Waals surface area contributed by atoms with E-state index in [4.69, 9.17) is 0 Å². The zero-order chi connectivity index (χ0) is 8.39. The van der Waals surface area contributed by atoms with Gasteiger partial charge >= 0.3 is 0 Å². The van der Waals surface area contributed by atoms with Crippen molar-refractivity contribution in [2.24, 2.45) is 0 Å². The Balaban J connectivity index is 1.92. The maximum absolute atomic E-state index is 11.3. The number of rotatable bonds is 2. The van der Waals surface area contributed by atoms with E-state index in [1.807, 2.05) is 0 Å². The average molecular weight is 165 g/mol. The molecular formula is C8H11N3O. The van der Waals surface area contributed by atoms with E-state index in [0.717, 1.165) is 12.8 Å². The summed E-state index contributed by atoms with van der Waals surface area (Å²) in [5.41, 5.74) is 0.613. The van der Waals surface area contributed by atoms with Gasteiger partial charge in [0.1, 0.15) is 0 Å². The van der Waals surface area contributed by atoms with Crippen molar-refractivity contribution in [1.29, 1.82) is 0 Å². The molecule has 12 heavy (non-hydrogen) atoms. The van der Waals surface area contributed by atoms with Crippen molar-refractivity contribution in [2.75, 3.05) is 0 Å². The van der Waals surface area contributed by atoms with Gasteiger partial charge in [0.25, 0.3) is 5.91 Å². The summed E-state index contributed by atoms with van der Waals surface area (Å²) in [5.74, 6) is -0.0200. The molecule has 4 nitrogen and oxygen atoms in total. The summed E-state index contributed by atoms with van der Waals surface area (Å²) in [4.78, 5) is 11.3. The molecule has 2 rings (SSSR count). The Bertz CT molecular complexity index is 264. The molecular weight excluding hydrogens is 154 g/mol. The minimum atomic E-state index is -0.0200. The number of hydrogen-bond donors (Lipinski definition) is 2. The second kappa shape index (κ2) is 2.97. The number of nitrogens with one attached hydrogen (secondary N) is 2. The van der Waals surface area contributed by atoms with Gasteiger partial charge in [-0.2, -0.15) is 5.10 Å². The van der Waals surface area contributed by atoms with E-state index in [1.54, 1.807) is 6.20 Å². The molecule has 2 N–H and O–H groups in total. The standard InChI is InChI=1S/C8H11N3O/c12-8(6-4-9-10-5-6)11-7-2-1-3-7/h4-5,7H,1-3H2,(H,9,10)(H,11,12). The van der Waals surface area contributed by atoms with Crippen LogP contribution in [0.15, 0.2) is 12.4 Å². The van der Waals surface area contributed by atoms with Gasteiger partial charge < -0.3 is 5.32 Å². The number of nitrogens with zero attached hydrogens (tertiary/aromatic N) is 1. The highest BCUT2D eigenvalue weighted by Gasteiger charge is 2.20. The Kier molecular flexibility index (Phi) is 1.81. The van der Waals surface area contributed by atoms with Crippen LogP contribution < -0.4 is 5.32 Å². The van der Waals surface area contributed by atoms with Crippen molar-refractivity contribution < 1.29 is 4.79 Å². The maximum Gasteiger partial charge on any atom is 0.254 e. The van der Waals surface area contributed by atoms with E-state index in [9.17, 15) is 4.79 Å². The molecule has 64 valence electrons. The quantitative estimate of drug-likeness (QED) is 0.677. The van der Waals surface area contributed by atoms with Crippen LogP contribution in [0, 0.1) is 0 Å². The van der Waals surface area contributed by atoms with Gasteiger partial charge in [-0.1, -0.05) is 0 Å². The van der Waals surface area contributed by atoms with Crippen LogP contribution in [0.3, 0.4) is 0 Å². The Hall–Kier alpha value is -1.32. The van der Waals surface area contributed by atoms with Gasteiger partial charge in [-0.05, 0) is 19.3 Å². The second-order valence-electron chi connectivity index (χ2n) is 3.09. The highest BCUT2D eigenvalue weighted by molar-refractivity contribution is 5.93. The molecule has 1 aromatic rings. The highest BCUT2D eigenvalue weighted by atomic mass is 16.1. The molecule has 4 heteroatoms. The molecule has 1 aliphatic rings. The average Bonchev–Trinajstić information content (AvgIpc) is 2.47. The lowest BCUT2D eigenvalue weighted by molar-refractivity contribution is 0.0917. The van der Waals surface area contributed by atoms with E-state index in [0.29, 0.717) is 11.6 Å². The summed E-state index contributed by atoms with van der Waals surface area (Å²) in [6, 6.07) is 0.396. The molecule has 1 aliphatic carbocycles. The van der Waals surface area contributed by atoms with Gasteiger partial charge in [0, 0.05) is 12.2 Å². The van der Waals surface area contributed by atoms with E-state index in [2.05, 4.69) is 15.5 Å². The van der Waals surface area contributed by atoms with E-state index in [-0.39, 0.29) is 5.91 Å². The molecule has 0 aromatic carbocycles. The summed E-state index contributed by atoms with van der Waals surface area (Å²) in [6.07, 6.45) is 6.60. The first-order chi connectivity index (χ1) is 5.86. The lowest BCUT2D eigenvalue weighted by Gasteiger charge is -2.25. The fraction of sp³-hybridized carbons (Fsp3) is 0.500. The molecule has 0 radical (unpaired) electrons. The van der Waals surface area contributed by atoms with Gasteiger partial charge in [-0.3, -0.25) is 9.89 Å². The Morgan fingerprint density at radius 1 is 1.67 bits per heavy atom. The third kappa shape index (κ3) is 1.32. The van der Waals surface area contributed by atoms with E-state index in [1.165, 1.54) is 12.6 Å². The molecule has 0 unspecified atom stereocenters. The predicted octanol–water partition coefficient (Wildman–Crippen LogP) is 0.692. The third-order valence-electron chi connectivity index (χ3n) is 2.20. The molecule has 0 bridgehead atoms. The van der Waals surface area contributed by atoms with Gasteiger partial charge in [-0.15, -0.1) is 0 Å². The Labute approximate surface area is 70.4 Å². The van der Waals surface area contributed by atoms with Gasteiger partial charge in [0.05, 0.1) is 11.8 Å². The summed E-state index contributed by atoms with van der Waals surface area (Å²) in [5, 5.41) is 9.24. The van der Waals surface area contributed by atoms with Crippen LogP contribution >= 0.6 is 0 Å². The minimum Gasteiger partial charge on any atom is -0.349 e. The molecule has 0 saturated heterocycles. The van der Waals surface area contributed by atoms with Crippen LogP contribution in [0.2, 0.25) is 0 Å². The van der Waals surface area contributed by atoms with Crippen LogP contribution in [-0.2, 0) is 0 Å². The lowest BCUT2D eigenvalue weighted by atomic mass is 9.93. The fourth-order valence-electron chi connectivity index (χ4n) is 1.20. The molecule has 1 saturated carbocycles. The largest absolute Gasteiger partial charge is 0.349 e. The number of aromatic amines is 1. The fourth-order valence-corrected chi connectivity index (χ4v) is 1.20. The Morgan fingerprint density at radius 3 is 3.00 bits per heavy atom. The normalized spacial score (nSPS) is 17.0. The van der Waals surface area contributed by atoms with Crippen molar-refractivity contribution in [3.63, 3.8) is 0 Å². The zero-order valence-corrected chi connectivity index (χ0v) is 6.71. The SMILES string of the molecule is O=C(NC1CCC1)c1cn[nH]c1. The van der Waals surface area contributed by atoms with Crippen molar-refractivity contribution in [3.05, 3.63) is 18.0 Å². The first kappa shape index (κ1) is 7.34. The van der Waals surface area contributed by atoms with Crippen LogP contribution in [0.4, 0.5) is 0 Å². The predicted molar refractivity (Wildman–Crippen MR) is 43.7 cm³/mol. The lowest BCUT2D eigenvalue weighted by Crippen LogP contribution is -2.39. The van der Waals surface area contributed by atoms with Crippen molar-refractivity contribution in [2.45, 2.75) is 25.3 Å². The molecule has 1 fully saturated rings. The van der Waals surface area contributed by atoms with Gasteiger partial charge in [0.2, 0.25) is 0 Å². The molecule has 0 spiro atoms. The smallest absolute Gasteiger partial charge is 0.254 e. The summed E-state index contributed by atoms with van der Waals surface area (Å²) < 4.78 is 0. The van der Waals surface area contributed by atoms with Gasteiger partial charge in [0.15, 0.2) is 0 Å². The van der Waals surface area contributed by atoms with Gasteiger partial charge in [-0.25, -0.2) is 0 Å². The number of amides is 1. The summed E-state index contributed by atoms with van der Waals surface area (Å²) in [6.45, 7) is 0. The number of H-pyrrole nitrogens is 1. The third-order valence-corrected chi connectivity index (χ3v) is 2.20. The number of carbonyl (C=O) groups excluding carboxylic acids is 1. The van der Waals surface area contributed by atoms with Crippen LogP contribution in [0.5, 0.6) is 0 Å². The molecule has 0 atom stereocenters. The maximum atomic E-state index is 11.3. The zero-order valence-electron chi connectivity index (χ0n) is 6.71. The molecule has 1 aromatic heterocycles. The van der Waals surface area contributed by atoms with Crippen LogP contribution in [-0.4, -0.2) is 22.1 Å².